The van der Waals surface area contributed by atoms with Gasteiger partial charge in [-0.05, 0) is 36.4 Å². The Hall–Kier alpha value is -2.64. The lowest BCUT2D eigenvalue weighted by atomic mass is 10.3. The number of amides is 1. The summed E-state index contributed by atoms with van der Waals surface area (Å²) in [5.41, 5.74) is 0.692. The predicted octanol–water partition coefficient (Wildman–Crippen LogP) is 2.53. The third-order valence-electron chi connectivity index (χ3n) is 3.86. The molecule has 0 N–H and O–H groups in total. The number of carbonyl (C=O) groups is 1. The van der Waals surface area contributed by atoms with E-state index in [2.05, 4.69) is 6.58 Å². The maximum absolute atomic E-state index is 12.9. The van der Waals surface area contributed by atoms with Crippen LogP contribution in [0.15, 0.2) is 72.1 Å². The molecule has 0 saturated heterocycles. The Morgan fingerprint density at radius 2 is 1.73 bits per heavy atom. The molecule has 7 heteroatoms. The smallest absolute Gasteiger partial charge is 0.243 e. The maximum atomic E-state index is 12.9. The second-order valence-corrected chi connectivity index (χ2v) is 7.49. The van der Waals surface area contributed by atoms with Gasteiger partial charge in [0.05, 0.1) is 18.6 Å². The van der Waals surface area contributed by atoms with E-state index in [4.69, 9.17) is 4.74 Å². The van der Waals surface area contributed by atoms with Gasteiger partial charge in [0, 0.05) is 19.3 Å². The zero-order chi connectivity index (χ0) is 19.2. The first kappa shape index (κ1) is 19.7. The van der Waals surface area contributed by atoms with Crippen molar-refractivity contribution in [1.82, 2.24) is 4.31 Å². The summed E-state index contributed by atoms with van der Waals surface area (Å²) >= 11 is 0. The van der Waals surface area contributed by atoms with Crippen LogP contribution >= 0.6 is 0 Å². The van der Waals surface area contributed by atoms with E-state index in [9.17, 15) is 13.2 Å². The van der Waals surface area contributed by atoms with Crippen molar-refractivity contribution < 1.29 is 17.9 Å². The zero-order valence-corrected chi connectivity index (χ0v) is 15.6. The fourth-order valence-corrected chi connectivity index (χ4v) is 3.70. The van der Waals surface area contributed by atoms with E-state index in [1.165, 1.54) is 30.2 Å². The van der Waals surface area contributed by atoms with Crippen LogP contribution in [0, 0.1) is 0 Å². The minimum absolute atomic E-state index is 0.0305. The Morgan fingerprint density at radius 1 is 1.12 bits per heavy atom. The number of para-hydroxylation sites is 1. The van der Waals surface area contributed by atoms with Crippen LogP contribution in [0.4, 0.5) is 5.69 Å². The standard InChI is InChI=1S/C19H22N2O4S/c1-4-14-21(15-19(22)20(2)16-8-6-5-7-9-16)26(23,24)18-12-10-17(25-3)11-13-18/h4-13H,1,14-15H2,2-3H3. The topological polar surface area (TPSA) is 66.9 Å². The second-order valence-electron chi connectivity index (χ2n) is 5.55. The third-order valence-corrected chi connectivity index (χ3v) is 5.69. The summed E-state index contributed by atoms with van der Waals surface area (Å²) in [6.07, 6.45) is 1.46. The molecule has 0 spiro atoms. The third kappa shape index (κ3) is 4.50. The predicted molar refractivity (Wildman–Crippen MR) is 102 cm³/mol. The van der Waals surface area contributed by atoms with Crippen LogP contribution in [-0.4, -0.2) is 45.9 Å². The number of nitrogens with zero attached hydrogens (tertiary/aromatic N) is 2. The highest BCUT2D eigenvalue weighted by Crippen LogP contribution is 2.20. The van der Waals surface area contributed by atoms with Crippen molar-refractivity contribution in [1.29, 1.82) is 0 Å². The number of hydrogen-bond acceptors (Lipinski definition) is 4. The van der Waals surface area contributed by atoms with Crippen molar-refractivity contribution >= 4 is 21.6 Å². The van der Waals surface area contributed by atoms with Gasteiger partial charge in [0.1, 0.15) is 5.75 Å². The normalized spacial score (nSPS) is 11.2. The van der Waals surface area contributed by atoms with Crippen molar-refractivity contribution in [2.24, 2.45) is 0 Å². The van der Waals surface area contributed by atoms with E-state index in [0.29, 0.717) is 11.4 Å². The van der Waals surface area contributed by atoms with Crippen LogP contribution in [0.2, 0.25) is 0 Å². The summed E-state index contributed by atoms with van der Waals surface area (Å²) in [5, 5.41) is 0. The molecule has 2 aromatic rings. The average molecular weight is 374 g/mol. The Balaban J connectivity index is 2.23. The molecule has 0 aliphatic rings. The van der Waals surface area contributed by atoms with Crippen molar-refractivity contribution in [3.8, 4) is 5.75 Å². The molecular weight excluding hydrogens is 352 g/mol. The van der Waals surface area contributed by atoms with E-state index in [1.807, 2.05) is 18.2 Å². The van der Waals surface area contributed by atoms with Crippen molar-refractivity contribution in [3.63, 3.8) is 0 Å². The van der Waals surface area contributed by atoms with Gasteiger partial charge in [0.2, 0.25) is 15.9 Å². The van der Waals surface area contributed by atoms with Gasteiger partial charge in [-0.15, -0.1) is 6.58 Å². The van der Waals surface area contributed by atoms with Gasteiger partial charge < -0.3 is 9.64 Å². The molecule has 0 aromatic heterocycles. The van der Waals surface area contributed by atoms with Crippen molar-refractivity contribution in [2.75, 3.05) is 32.1 Å². The van der Waals surface area contributed by atoms with E-state index in [0.717, 1.165) is 4.31 Å². The van der Waals surface area contributed by atoms with Gasteiger partial charge in [0.15, 0.2) is 0 Å². The second kappa shape index (κ2) is 8.64. The highest BCUT2D eigenvalue weighted by atomic mass is 32.2. The van der Waals surface area contributed by atoms with E-state index in [1.54, 1.807) is 31.3 Å². The van der Waals surface area contributed by atoms with Crippen LogP contribution in [0.5, 0.6) is 5.75 Å². The molecule has 0 aliphatic carbocycles. The van der Waals surface area contributed by atoms with E-state index >= 15 is 0 Å². The molecule has 6 nitrogen and oxygen atoms in total. The average Bonchev–Trinajstić information content (AvgIpc) is 2.67. The van der Waals surface area contributed by atoms with E-state index in [-0.39, 0.29) is 23.9 Å². The summed E-state index contributed by atoms with van der Waals surface area (Å²) < 4.78 is 31.9. The van der Waals surface area contributed by atoms with Gasteiger partial charge in [-0.25, -0.2) is 8.42 Å². The highest BCUT2D eigenvalue weighted by Gasteiger charge is 2.27. The SMILES string of the molecule is C=CCN(CC(=O)N(C)c1ccccc1)S(=O)(=O)c1ccc(OC)cc1. The van der Waals surface area contributed by atoms with Gasteiger partial charge in [-0.1, -0.05) is 24.3 Å². The number of carbonyl (C=O) groups excluding carboxylic acids is 1. The monoisotopic (exact) mass is 374 g/mol. The van der Waals surface area contributed by atoms with Gasteiger partial charge >= 0.3 is 0 Å². The largest absolute Gasteiger partial charge is 0.497 e. The molecule has 0 bridgehead atoms. The molecule has 0 heterocycles. The summed E-state index contributed by atoms with van der Waals surface area (Å²) in [6, 6.07) is 15.1. The summed E-state index contributed by atoms with van der Waals surface area (Å²) in [7, 11) is -0.720. The van der Waals surface area contributed by atoms with Crippen LogP contribution in [0.3, 0.4) is 0 Å². The molecule has 2 aromatic carbocycles. The molecular formula is C19H22N2O4S. The zero-order valence-electron chi connectivity index (χ0n) is 14.8. The number of benzene rings is 2. The Kier molecular flexibility index (Phi) is 6.54. The fraction of sp³-hybridized carbons (Fsp3) is 0.211. The molecule has 2 rings (SSSR count). The lowest BCUT2D eigenvalue weighted by Gasteiger charge is -2.24. The van der Waals surface area contributed by atoms with Gasteiger partial charge in [0.25, 0.3) is 0 Å². The maximum Gasteiger partial charge on any atom is 0.243 e. The number of methoxy groups -OCH3 is 1. The molecule has 0 radical (unpaired) electrons. The molecule has 0 unspecified atom stereocenters. The van der Waals surface area contributed by atoms with Crippen molar-refractivity contribution in [2.45, 2.75) is 4.90 Å². The van der Waals surface area contributed by atoms with Crippen molar-refractivity contribution in [3.05, 3.63) is 67.3 Å². The first-order valence-electron chi connectivity index (χ1n) is 7.97. The Morgan fingerprint density at radius 3 is 2.27 bits per heavy atom. The number of likely N-dealkylation sites (N-methyl/N-ethyl adjacent to an activating group) is 1. The van der Waals surface area contributed by atoms with Crippen LogP contribution in [-0.2, 0) is 14.8 Å². The Labute approximate surface area is 154 Å². The van der Waals surface area contributed by atoms with Gasteiger partial charge in [-0.2, -0.15) is 4.31 Å². The molecule has 1 amide bonds. The van der Waals surface area contributed by atoms with Gasteiger partial charge in [-0.3, -0.25) is 4.79 Å². The molecule has 0 atom stereocenters. The number of hydrogen-bond donors (Lipinski definition) is 0. The fourth-order valence-electron chi connectivity index (χ4n) is 2.34. The van der Waals surface area contributed by atoms with Crippen LogP contribution in [0.1, 0.15) is 0 Å². The molecule has 138 valence electrons. The Bertz CT molecular complexity index is 849. The number of sulfonamides is 1. The molecule has 0 fully saturated rings. The number of rotatable bonds is 8. The first-order valence-corrected chi connectivity index (χ1v) is 9.41. The minimum atomic E-state index is -3.84. The first-order chi connectivity index (χ1) is 12.4. The quantitative estimate of drug-likeness (QED) is 0.666. The summed E-state index contributed by atoms with van der Waals surface area (Å²) in [4.78, 5) is 14.1. The van der Waals surface area contributed by atoms with E-state index < -0.39 is 10.0 Å². The molecule has 0 saturated carbocycles. The lowest BCUT2D eigenvalue weighted by molar-refractivity contribution is -0.118. The number of ether oxygens (including phenoxy) is 1. The van der Waals surface area contributed by atoms with Crippen LogP contribution < -0.4 is 9.64 Å². The lowest BCUT2D eigenvalue weighted by Crippen LogP contribution is -2.41. The molecule has 0 aliphatic heterocycles. The molecule has 26 heavy (non-hydrogen) atoms. The summed E-state index contributed by atoms with van der Waals surface area (Å²) in [6.45, 7) is 3.34. The number of anilines is 1. The highest BCUT2D eigenvalue weighted by molar-refractivity contribution is 7.89. The minimum Gasteiger partial charge on any atom is -0.497 e. The summed E-state index contributed by atoms with van der Waals surface area (Å²) in [5.74, 6) is 0.217. The van der Waals surface area contributed by atoms with Crippen LogP contribution in [0.25, 0.3) is 0 Å².